The van der Waals surface area contributed by atoms with E-state index < -0.39 is 12.1 Å². The van der Waals surface area contributed by atoms with E-state index in [-0.39, 0.29) is 18.5 Å². The summed E-state index contributed by atoms with van der Waals surface area (Å²) in [7, 11) is 0. The summed E-state index contributed by atoms with van der Waals surface area (Å²) in [6, 6.07) is -0.637. The minimum absolute atomic E-state index is 0.0170. The molecule has 0 aromatic rings. The summed E-state index contributed by atoms with van der Waals surface area (Å²) in [5.41, 5.74) is 0. The molecule has 0 aliphatic carbocycles. The van der Waals surface area contributed by atoms with Crippen molar-refractivity contribution in [2.45, 2.75) is 353 Å². The SMILES string of the molecule is CCCCCCCCC/C=C\CCCCCCCCCC(=O)OCCCCC/C=C\C=C/CCCCCCCCCCCCC(=O)NC(CO)C(O)/C=C/CCCCCCCCCCCCCCCCCCC. The Labute approximate surface area is 455 Å². The predicted octanol–water partition coefficient (Wildman–Crippen LogP) is 20.5. The molecule has 0 saturated carbocycles. The number of aliphatic hydroxyl groups is 2. The zero-order chi connectivity index (χ0) is 52.9. The molecule has 6 heteroatoms. The number of ether oxygens (including phenoxy) is 1. The second kappa shape index (κ2) is 62.4. The van der Waals surface area contributed by atoms with Crippen molar-refractivity contribution in [2.75, 3.05) is 13.2 Å². The van der Waals surface area contributed by atoms with Crippen LogP contribution >= 0.6 is 0 Å². The van der Waals surface area contributed by atoms with E-state index in [1.54, 1.807) is 6.08 Å². The molecule has 0 saturated heterocycles. The maximum absolute atomic E-state index is 12.5. The predicted molar refractivity (Wildman–Crippen MR) is 319 cm³/mol. The van der Waals surface area contributed by atoms with Gasteiger partial charge in [0, 0.05) is 12.8 Å². The molecule has 0 fully saturated rings. The molecule has 0 heterocycles. The van der Waals surface area contributed by atoms with Crippen LogP contribution in [0.5, 0.6) is 0 Å². The third-order valence-electron chi connectivity index (χ3n) is 14.8. The smallest absolute Gasteiger partial charge is 0.305 e. The number of hydrogen-bond acceptors (Lipinski definition) is 5. The minimum atomic E-state index is -0.853. The Balaban J connectivity index is 3.50. The van der Waals surface area contributed by atoms with Gasteiger partial charge in [-0.05, 0) is 89.9 Å². The van der Waals surface area contributed by atoms with Crippen molar-refractivity contribution in [1.82, 2.24) is 5.32 Å². The molecule has 0 aromatic carbocycles. The number of allylic oxidation sites excluding steroid dienone is 7. The normalized spacial score (nSPS) is 12.9. The molecule has 2 unspecified atom stereocenters. The van der Waals surface area contributed by atoms with Gasteiger partial charge in [0.2, 0.25) is 5.91 Å². The maximum atomic E-state index is 12.5. The van der Waals surface area contributed by atoms with Crippen molar-refractivity contribution >= 4 is 11.9 Å². The highest BCUT2D eigenvalue weighted by Crippen LogP contribution is 2.17. The lowest BCUT2D eigenvalue weighted by Crippen LogP contribution is -2.45. The van der Waals surface area contributed by atoms with Crippen LogP contribution in [0.3, 0.4) is 0 Å². The quantitative estimate of drug-likeness (QED) is 0.0244. The summed E-state index contributed by atoms with van der Waals surface area (Å²) in [6.07, 6.45) is 80.1. The average molecular weight is 1020 g/mol. The topological polar surface area (TPSA) is 95.9 Å². The second-order valence-electron chi connectivity index (χ2n) is 22.1. The fourth-order valence-electron chi connectivity index (χ4n) is 9.86. The molecule has 1 amide bonds. The van der Waals surface area contributed by atoms with Gasteiger partial charge in [-0.1, -0.05) is 287 Å². The molecule has 0 aromatic heterocycles. The molecule has 0 aliphatic heterocycles. The molecule has 0 bridgehead atoms. The minimum Gasteiger partial charge on any atom is -0.466 e. The first-order chi connectivity index (χ1) is 36.0. The van der Waals surface area contributed by atoms with Crippen molar-refractivity contribution in [3.05, 3.63) is 48.6 Å². The molecule has 73 heavy (non-hydrogen) atoms. The standard InChI is InChI=1S/C67H125NO5/c1-3-5-7-9-11-13-15-17-19-21-24-27-31-35-39-43-47-51-55-59-65(70)64(63-69)68-66(71)60-56-52-48-44-40-36-32-28-25-23-26-30-34-38-42-46-50-54-58-62-73-67(72)61-57-53-49-45-41-37-33-29-22-20-18-16-14-12-10-8-6-4-2/h20,22,30,34,38,42,55,59,64-65,69-70H,3-19,21,23-29,31-33,35-37,39-41,43-54,56-58,60-63H2,1-2H3,(H,68,71)/b22-20-,34-30-,42-38-,59-55+. The zero-order valence-corrected chi connectivity index (χ0v) is 48.9. The monoisotopic (exact) mass is 1020 g/mol. The molecule has 0 rings (SSSR count). The summed E-state index contributed by atoms with van der Waals surface area (Å²) >= 11 is 0. The van der Waals surface area contributed by atoms with Crippen LogP contribution in [0.2, 0.25) is 0 Å². The van der Waals surface area contributed by atoms with E-state index in [9.17, 15) is 19.8 Å². The summed E-state index contributed by atoms with van der Waals surface area (Å²) < 4.78 is 5.47. The Morgan fingerprint density at radius 3 is 1.05 bits per heavy atom. The molecule has 3 N–H and O–H groups in total. The van der Waals surface area contributed by atoms with Crippen LogP contribution < -0.4 is 5.32 Å². The van der Waals surface area contributed by atoms with Gasteiger partial charge in [-0.3, -0.25) is 9.59 Å². The highest BCUT2D eigenvalue weighted by atomic mass is 16.5. The Morgan fingerprint density at radius 1 is 0.384 bits per heavy atom. The van der Waals surface area contributed by atoms with E-state index in [4.69, 9.17) is 4.74 Å². The lowest BCUT2D eigenvalue weighted by atomic mass is 10.0. The molecule has 0 aliphatic rings. The molecule has 2 atom stereocenters. The lowest BCUT2D eigenvalue weighted by molar-refractivity contribution is -0.143. The van der Waals surface area contributed by atoms with Gasteiger partial charge in [0.15, 0.2) is 0 Å². The van der Waals surface area contributed by atoms with Crippen LogP contribution in [0.4, 0.5) is 0 Å². The number of rotatable bonds is 60. The summed E-state index contributed by atoms with van der Waals surface area (Å²) in [5.74, 6) is -0.0931. The van der Waals surface area contributed by atoms with Crippen LogP contribution in [0.15, 0.2) is 48.6 Å². The number of unbranched alkanes of at least 4 members (excludes halogenated alkanes) is 44. The third kappa shape index (κ3) is 58.9. The largest absolute Gasteiger partial charge is 0.466 e. The fourth-order valence-corrected chi connectivity index (χ4v) is 9.86. The van der Waals surface area contributed by atoms with Gasteiger partial charge in [0.05, 0.1) is 25.4 Å². The van der Waals surface area contributed by atoms with Gasteiger partial charge in [-0.25, -0.2) is 0 Å². The van der Waals surface area contributed by atoms with Crippen LogP contribution in [0.25, 0.3) is 0 Å². The number of amides is 1. The van der Waals surface area contributed by atoms with Crippen molar-refractivity contribution in [3.63, 3.8) is 0 Å². The van der Waals surface area contributed by atoms with Gasteiger partial charge >= 0.3 is 5.97 Å². The van der Waals surface area contributed by atoms with Crippen molar-refractivity contribution in [2.24, 2.45) is 0 Å². The summed E-state index contributed by atoms with van der Waals surface area (Å²) in [4.78, 5) is 24.6. The van der Waals surface area contributed by atoms with Gasteiger partial charge in [0.1, 0.15) is 0 Å². The van der Waals surface area contributed by atoms with Gasteiger partial charge in [-0.2, -0.15) is 0 Å². The Bertz CT molecular complexity index is 1230. The average Bonchev–Trinajstić information content (AvgIpc) is 3.39. The van der Waals surface area contributed by atoms with E-state index >= 15 is 0 Å². The summed E-state index contributed by atoms with van der Waals surface area (Å²) in [5, 5.41) is 23.2. The van der Waals surface area contributed by atoms with Crippen molar-refractivity contribution in [3.8, 4) is 0 Å². The third-order valence-corrected chi connectivity index (χ3v) is 14.8. The number of hydrogen-bond donors (Lipinski definition) is 3. The Morgan fingerprint density at radius 2 is 0.685 bits per heavy atom. The molecular formula is C67H125NO5. The van der Waals surface area contributed by atoms with Crippen molar-refractivity contribution in [1.29, 1.82) is 0 Å². The van der Waals surface area contributed by atoms with Crippen LogP contribution in [0.1, 0.15) is 341 Å². The molecular weight excluding hydrogens is 899 g/mol. The number of aliphatic hydroxyl groups excluding tert-OH is 2. The second-order valence-corrected chi connectivity index (χ2v) is 22.1. The highest BCUT2D eigenvalue weighted by Gasteiger charge is 2.18. The van der Waals surface area contributed by atoms with E-state index in [1.165, 1.54) is 238 Å². The Kier molecular flexibility index (Phi) is 60.5. The first-order valence-corrected chi connectivity index (χ1v) is 32.4. The molecule has 0 radical (unpaired) electrons. The molecule has 428 valence electrons. The van der Waals surface area contributed by atoms with E-state index in [1.807, 2.05) is 6.08 Å². The summed E-state index contributed by atoms with van der Waals surface area (Å²) in [6.45, 7) is 4.88. The van der Waals surface area contributed by atoms with Crippen LogP contribution in [-0.4, -0.2) is 47.4 Å². The number of nitrogens with one attached hydrogen (secondary N) is 1. The number of carbonyl (C=O) groups excluding carboxylic acids is 2. The lowest BCUT2D eigenvalue weighted by Gasteiger charge is -2.20. The van der Waals surface area contributed by atoms with E-state index in [2.05, 4.69) is 55.6 Å². The van der Waals surface area contributed by atoms with Crippen LogP contribution in [-0.2, 0) is 14.3 Å². The zero-order valence-electron chi connectivity index (χ0n) is 48.9. The molecule has 6 nitrogen and oxygen atoms in total. The highest BCUT2D eigenvalue weighted by molar-refractivity contribution is 5.76. The van der Waals surface area contributed by atoms with E-state index in [0.29, 0.717) is 19.4 Å². The number of carbonyl (C=O) groups is 2. The first kappa shape index (κ1) is 70.8. The van der Waals surface area contributed by atoms with Gasteiger partial charge in [-0.15, -0.1) is 0 Å². The van der Waals surface area contributed by atoms with Crippen LogP contribution in [0, 0.1) is 0 Å². The number of esters is 1. The maximum Gasteiger partial charge on any atom is 0.305 e. The Hall–Kier alpha value is -2.18. The van der Waals surface area contributed by atoms with E-state index in [0.717, 1.165) is 77.0 Å². The molecule has 0 spiro atoms. The van der Waals surface area contributed by atoms with Crippen molar-refractivity contribution < 1.29 is 24.5 Å². The van der Waals surface area contributed by atoms with Gasteiger partial charge in [0.25, 0.3) is 0 Å². The van der Waals surface area contributed by atoms with Gasteiger partial charge < -0.3 is 20.3 Å². The fraction of sp³-hybridized carbons (Fsp3) is 0.851. The first-order valence-electron chi connectivity index (χ1n) is 32.4.